The van der Waals surface area contributed by atoms with Gasteiger partial charge in [-0.15, -0.1) is 0 Å². The normalized spacial score (nSPS) is 12.7. The highest BCUT2D eigenvalue weighted by molar-refractivity contribution is 7.99. The van der Waals surface area contributed by atoms with Gasteiger partial charge in [-0.1, -0.05) is 11.8 Å². The molecule has 0 bridgehead atoms. The number of rotatable bonds is 6. The van der Waals surface area contributed by atoms with E-state index in [0.29, 0.717) is 11.7 Å². The van der Waals surface area contributed by atoms with Crippen molar-refractivity contribution in [1.29, 1.82) is 0 Å². The van der Waals surface area contributed by atoms with Crippen LogP contribution in [0.15, 0.2) is 23.5 Å². The molecule has 0 saturated heterocycles. The third-order valence-electron chi connectivity index (χ3n) is 2.64. The Hall–Kier alpha value is -1.60. The minimum Gasteiger partial charge on any atom is -0.481 e. The van der Waals surface area contributed by atoms with Crippen molar-refractivity contribution in [3.63, 3.8) is 0 Å². The van der Waals surface area contributed by atoms with Crippen LogP contribution < -0.4 is 0 Å². The molecule has 2 aromatic rings. The molecule has 0 radical (unpaired) electrons. The highest BCUT2D eigenvalue weighted by Crippen LogP contribution is 2.23. The third-order valence-corrected chi connectivity index (χ3v) is 3.60. The molecule has 7 heteroatoms. The number of carbonyl (C=O) groups is 1. The van der Waals surface area contributed by atoms with Gasteiger partial charge in [0.25, 0.3) is 0 Å². The van der Waals surface area contributed by atoms with Crippen molar-refractivity contribution < 1.29 is 14.6 Å². The third kappa shape index (κ3) is 3.24. The summed E-state index contributed by atoms with van der Waals surface area (Å²) < 4.78 is 7.15. The van der Waals surface area contributed by atoms with E-state index in [1.54, 1.807) is 13.3 Å². The first-order valence-electron chi connectivity index (χ1n) is 5.80. The fourth-order valence-electron chi connectivity index (χ4n) is 1.67. The molecule has 1 atom stereocenters. The summed E-state index contributed by atoms with van der Waals surface area (Å²) in [5, 5.41) is 9.42. The molecule has 0 amide bonds. The molecule has 0 aromatic carbocycles. The summed E-state index contributed by atoms with van der Waals surface area (Å²) >= 11 is 1.19. The smallest absolute Gasteiger partial charge is 0.313 e. The number of methoxy groups -OCH3 is 1. The second-order valence-electron chi connectivity index (χ2n) is 4.08. The average Bonchev–Trinajstić information content (AvgIpc) is 2.74. The molecule has 2 heterocycles. The van der Waals surface area contributed by atoms with Gasteiger partial charge in [0.15, 0.2) is 10.8 Å². The first kappa shape index (κ1) is 13.8. The first-order valence-corrected chi connectivity index (χ1v) is 6.79. The van der Waals surface area contributed by atoms with Crippen LogP contribution in [0.25, 0.3) is 11.2 Å². The molecule has 1 unspecified atom stereocenters. The van der Waals surface area contributed by atoms with E-state index in [0.717, 1.165) is 11.2 Å². The number of nitrogens with zero attached hydrogens (tertiary/aromatic N) is 3. The van der Waals surface area contributed by atoms with Crippen LogP contribution in [0.1, 0.15) is 6.92 Å². The van der Waals surface area contributed by atoms with Gasteiger partial charge in [-0.2, -0.15) is 0 Å². The summed E-state index contributed by atoms with van der Waals surface area (Å²) in [6.07, 6.45) is 1.70. The standard InChI is InChI=1S/C12H15N3O3S/c1-8(18-2)6-15-11-9(4-3-5-13-11)14-12(15)19-7-10(16)17/h3-5,8H,6-7H2,1-2H3,(H,16,17). The largest absolute Gasteiger partial charge is 0.481 e. The summed E-state index contributed by atoms with van der Waals surface area (Å²) in [4.78, 5) is 19.4. The highest BCUT2D eigenvalue weighted by atomic mass is 32.2. The maximum atomic E-state index is 10.7. The van der Waals surface area contributed by atoms with E-state index in [4.69, 9.17) is 9.84 Å². The molecule has 0 aliphatic heterocycles. The van der Waals surface area contributed by atoms with Crippen molar-refractivity contribution in [1.82, 2.24) is 14.5 Å². The summed E-state index contributed by atoms with van der Waals surface area (Å²) in [5.74, 6) is -0.888. The lowest BCUT2D eigenvalue weighted by molar-refractivity contribution is -0.133. The van der Waals surface area contributed by atoms with Crippen molar-refractivity contribution in [2.75, 3.05) is 12.9 Å². The zero-order valence-corrected chi connectivity index (χ0v) is 11.6. The van der Waals surface area contributed by atoms with Crippen LogP contribution in [0.3, 0.4) is 0 Å². The van der Waals surface area contributed by atoms with E-state index < -0.39 is 5.97 Å². The zero-order chi connectivity index (χ0) is 13.8. The van der Waals surface area contributed by atoms with Crippen LogP contribution in [0.4, 0.5) is 0 Å². The van der Waals surface area contributed by atoms with E-state index in [1.165, 1.54) is 11.8 Å². The number of carboxylic acid groups (broad SMARTS) is 1. The average molecular weight is 281 g/mol. The van der Waals surface area contributed by atoms with Gasteiger partial charge >= 0.3 is 5.97 Å². The quantitative estimate of drug-likeness (QED) is 0.811. The first-order chi connectivity index (χ1) is 9.11. The van der Waals surface area contributed by atoms with Crippen LogP contribution in [-0.2, 0) is 16.1 Å². The molecule has 2 rings (SSSR count). The van der Waals surface area contributed by atoms with E-state index in [2.05, 4.69) is 9.97 Å². The number of carboxylic acids is 1. The Morgan fingerprint density at radius 2 is 2.42 bits per heavy atom. The van der Waals surface area contributed by atoms with Gasteiger partial charge in [-0.3, -0.25) is 4.79 Å². The van der Waals surface area contributed by atoms with Crippen LogP contribution in [0.2, 0.25) is 0 Å². The number of thioether (sulfide) groups is 1. The molecule has 0 saturated carbocycles. The van der Waals surface area contributed by atoms with Gasteiger partial charge < -0.3 is 14.4 Å². The maximum Gasteiger partial charge on any atom is 0.313 e. The number of aromatic nitrogens is 3. The molecule has 102 valence electrons. The number of fused-ring (bicyclic) bond motifs is 1. The minimum absolute atomic E-state index is 0.00332. The molecule has 2 aromatic heterocycles. The van der Waals surface area contributed by atoms with Crippen LogP contribution in [0, 0.1) is 0 Å². The van der Waals surface area contributed by atoms with Crippen molar-refractivity contribution in [2.45, 2.75) is 24.7 Å². The van der Waals surface area contributed by atoms with Gasteiger partial charge in [0, 0.05) is 13.3 Å². The fraction of sp³-hybridized carbons (Fsp3) is 0.417. The Morgan fingerprint density at radius 3 is 3.11 bits per heavy atom. The van der Waals surface area contributed by atoms with Crippen molar-refractivity contribution in [2.24, 2.45) is 0 Å². The van der Waals surface area contributed by atoms with E-state index >= 15 is 0 Å². The van der Waals surface area contributed by atoms with E-state index in [-0.39, 0.29) is 11.9 Å². The zero-order valence-electron chi connectivity index (χ0n) is 10.7. The Kier molecular flexibility index (Phi) is 4.39. The van der Waals surface area contributed by atoms with Crippen molar-refractivity contribution >= 4 is 28.9 Å². The molecular weight excluding hydrogens is 266 g/mol. The predicted molar refractivity (Wildman–Crippen MR) is 72.4 cm³/mol. The van der Waals surface area contributed by atoms with Gasteiger partial charge in [-0.25, -0.2) is 9.97 Å². The Balaban J connectivity index is 2.36. The van der Waals surface area contributed by atoms with Crippen LogP contribution in [0.5, 0.6) is 0 Å². The summed E-state index contributed by atoms with van der Waals surface area (Å²) in [6, 6.07) is 3.67. The molecule has 19 heavy (non-hydrogen) atoms. The monoisotopic (exact) mass is 281 g/mol. The van der Waals surface area contributed by atoms with Crippen molar-refractivity contribution in [3.05, 3.63) is 18.3 Å². The molecule has 0 fully saturated rings. The number of pyridine rings is 1. The lowest BCUT2D eigenvalue weighted by Gasteiger charge is -2.12. The van der Waals surface area contributed by atoms with Gasteiger partial charge in [0.1, 0.15) is 5.52 Å². The van der Waals surface area contributed by atoms with Crippen LogP contribution >= 0.6 is 11.8 Å². The molecule has 1 N–H and O–H groups in total. The van der Waals surface area contributed by atoms with Gasteiger partial charge in [-0.05, 0) is 19.1 Å². The molecule has 0 aliphatic rings. The van der Waals surface area contributed by atoms with E-state index in [1.807, 2.05) is 23.6 Å². The van der Waals surface area contributed by atoms with Crippen LogP contribution in [-0.4, -0.2) is 44.6 Å². The maximum absolute atomic E-state index is 10.7. The summed E-state index contributed by atoms with van der Waals surface area (Å²) in [7, 11) is 1.64. The molecule has 0 aliphatic carbocycles. The number of ether oxygens (including phenoxy) is 1. The predicted octanol–water partition coefficient (Wildman–Crippen LogP) is 1.64. The number of hydrogen-bond donors (Lipinski definition) is 1. The van der Waals surface area contributed by atoms with E-state index in [9.17, 15) is 4.79 Å². The Labute approximate surface area is 114 Å². The fourth-order valence-corrected chi connectivity index (χ4v) is 2.40. The topological polar surface area (TPSA) is 77.2 Å². The van der Waals surface area contributed by atoms with Gasteiger partial charge in [0.2, 0.25) is 0 Å². The van der Waals surface area contributed by atoms with Crippen molar-refractivity contribution in [3.8, 4) is 0 Å². The Bertz CT molecular complexity index is 585. The molecule has 6 nitrogen and oxygen atoms in total. The highest BCUT2D eigenvalue weighted by Gasteiger charge is 2.15. The Morgan fingerprint density at radius 1 is 1.63 bits per heavy atom. The lowest BCUT2D eigenvalue weighted by atomic mass is 10.4. The minimum atomic E-state index is -0.864. The second-order valence-corrected chi connectivity index (χ2v) is 5.02. The SMILES string of the molecule is COC(C)Cn1c(SCC(=O)O)nc2cccnc21. The molecular formula is C12H15N3O3S. The number of hydrogen-bond acceptors (Lipinski definition) is 5. The second kappa shape index (κ2) is 6.03. The number of aliphatic carboxylic acids is 1. The van der Waals surface area contributed by atoms with Gasteiger partial charge in [0.05, 0.1) is 18.4 Å². The summed E-state index contributed by atoms with van der Waals surface area (Å²) in [5.41, 5.74) is 1.51. The molecule has 0 spiro atoms. The lowest BCUT2D eigenvalue weighted by Crippen LogP contribution is -2.16. The number of imidazole rings is 1. The summed E-state index contributed by atoms with van der Waals surface area (Å²) in [6.45, 7) is 2.53.